The van der Waals surface area contributed by atoms with Crippen molar-refractivity contribution in [2.45, 2.75) is 53.2 Å². The van der Waals surface area contributed by atoms with Crippen molar-refractivity contribution in [1.29, 1.82) is 0 Å². The van der Waals surface area contributed by atoms with Crippen molar-refractivity contribution >= 4 is 0 Å². The molecule has 2 N–H and O–H groups in total. The van der Waals surface area contributed by atoms with Crippen LogP contribution >= 0.6 is 0 Å². The summed E-state index contributed by atoms with van der Waals surface area (Å²) in [5.41, 5.74) is 0.180. The molecular weight excluding hydrogens is 152 g/mol. The van der Waals surface area contributed by atoms with Crippen molar-refractivity contribution in [2.24, 2.45) is 11.3 Å². The van der Waals surface area contributed by atoms with Crippen molar-refractivity contribution in [1.82, 2.24) is 0 Å². The third-order valence-corrected chi connectivity index (χ3v) is 2.36. The van der Waals surface area contributed by atoms with Gasteiger partial charge < -0.3 is 10.2 Å². The average Bonchev–Trinajstić information content (AvgIpc) is 1.83. The second-order valence-electron chi connectivity index (χ2n) is 4.57. The first-order chi connectivity index (χ1) is 5.38. The molecule has 0 saturated carbocycles. The van der Waals surface area contributed by atoms with Crippen molar-refractivity contribution in [2.75, 3.05) is 0 Å². The molecule has 1 unspecified atom stereocenters. The summed E-state index contributed by atoms with van der Waals surface area (Å²) in [4.78, 5) is 0. The first-order valence-corrected chi connectivity index (χ1v) is 4.74. The van der Waals surface area contributed by atoms with Gasteiger partial charge in [-0.15, -0.1) is 0 Å². The van der Waals surface area contributed by atoms with Crippen LogP contribution in [0.4, 0.5) is 0 Å². The first-order valence-electron chi connectivity index (χ1n) is 4.74. The fourth-order valence-corrected chi connectivity index (χ4v) is 1.51. The Hall–Kier alpha value is -0.0800. The minimum atomic E-state index is -1.15. The Morgan fingerprint density at radius 1 is 1.17 bits per heavy atom. The molecule has 0 aliphatic rings. The maximum absolute atomic E-state index is 8.87. The SMILES string of the molecule is CCCC(CC(O)O)C(C)(C)C. The maximum Gasteiger partial charge on any atom is 0.151 e. The number of hydrogen-bond acceptors (Lipinski definition) is 2. The maximum atomic E-state index is 8.87. The summed E-state index contributed by atoms with van der Waals surface area (Å²) in [5, 5.41) is 17.7. The smallest absolute Gasteiger partial charge is 0.151 e. The van der Waals surface area contributed by atoms with E-state index in [0.717, 1.165) is 12.8 Å². The van der Waals surface area contributed by atoms with Crippen LogP contribution in [0.3, 0.4) is 0 Å². The Morgan fingerprint density at radius 2 is 1.67 bits per heavy atom. The van der Waals surface area contributed by atoms with Crippen LogP contribution in [0.15, 0.2) is 0 Å². The fourth-order valence-electron chi connectivity index (χ4n) is 1.51. The number of aliphatic hydroxyl groups excluding tert-OH is 1. The van der Waals surface area contributed by atoms with Gasteiger partial charge in [0, 0.05) is 6.42 Å². The zero-order valence-electron chi connectivity index (χ0n) is 8.67. The van der Waals surface area contributed by atoms with E-state index >= 15 is 0 Å². The average molecular weight is 174 g/mol. The van der Waals surface area contributed by atoms with E-state index in [1.165, 1.54) is 0 Å². The molecule has 0 aromatic rings. The number of hydrogen-bond donors (Lipinski definition) is 2. The standard InChI is InChI=1S/C10H22O2/c1-5-6-8(7-9(11)12)10(2,3)4/h8-9,11-12H,5-7H2,1-4H3. The van der Waals surface area contributed by atoms with Crippen LogP contribution in [0, 0.1) is 11.3 Å². The molecule has 2 nitrogen and oxygen atoms in total. The van der Waals surface area contributed by atoms with Crippen LogP contribution in [0.2, 0.25) is 0 Å². The summed E-state index contributed by atoms with van der Waals surface area (Å²) >= 11 is 0. The van der Waals surface area contributed by atoms with Gasteiger partial charge in [0.1, 0.15) is 0 Å². The minimum Gasteiger partial charge on any atom is -0.368 e. The Morgan fingerprint density at radius 3 is 1.92 bits per heavy atom. The monoisotopic (exact) mass is 174 g/mol. The lowest BCUT2D eigenvalue weighted by Crippen LogP contribution is -2.25. The van der Waals surface area contributed by atoms with Gasteiger partial charge in [0.15, 0.2) is 6.29 Å². The molecule has 0 radical (unpaired) electrons. The predicted octanol–water partition coefficient (Wildman–Crippen LogP) is 2.15. The lowest BCUT2D eigenvalue weighted by molar-refractivity contribution is -0.0675. The lowest BCUT2D eigenvalue weighted by atomic mass is 9.76. The molecule has 0 aromatic carbocycles. The molecule has 0 aliphatic carbocycles. The van der Waals surface area contributed by atoms with Crippen LogP contribution in [0.5, 0.6) is 0 Å². The highest BCUT2D eigenvalue weighted by Crippen LogP contribution is 2.32. The van der Waals surface area contributed by atoms with Gasteiger partial charge in [0.25, 0.3) is 0 Å². The van der Waals surface area contributed by atoms with E-state index in [2.05, 4.69) is 27.7 Å². The molecule has 0 heterocycles. The van der Waals surface area contributed by atoms with Crippen LogP contribution < -0.4 is 0 Å². The van der Waals surface area contributed by atoms with Gasteiger partial charge in [0.2, 0.25) is 0 Å². The van der Waals surface area contributed by atoms with Gasteiger partial charge in [0.05, 0.1) is 0 Å². The predicted molar refractivity (Wildman–Crippen MR) is 50.7 cm³/mol. The summed E-state index contributed by atoms with van der Waals surface area (Å²) in [6.45, 7) is 8.57. The molecule has 0 spiro atoms. The van der Waals surface area contributed by atoms with E-state index in [9.17, 15) is 0 Å². The minimum absolute atomic E-state index is 0.180. The molecule has 0 saturated heterocycles. The van der Waals surface area contributed by atoms with Crippen molar-refractivity contribution in [3.63, 3.8) is 0 Å². The first kappa shape index (κ1) is 11.9. The van der Waals surface area contributed by atoms with E-state index in [1.807, 2.05) is 0 Å². The largest absolute Gasteiger partial charge is 0.368 e. The van der Waals surface area contributed by atoms with E-state index in [-0.39, 0.29) is 5.41 Å². The Kier molecular flexibility index (Phi) is 4.80. The van der Waals surface area contributed by atoms with Gasteiger partial charge in [-0.3, -0.25) is 0 Å². The zero-order chi connectivity index (χ0) is 9.78. The third-order valence-electron chi connectivity index (χ3n) is 2.36. The molecule has 1 atom stereocenters. The number of aliphatic hydroxyl groups is 2. The van der Waals surface area contributed by atoms with Gasteiger partial charge >= 0.3 is 0 Å². The van der Waals surface area contributed by atoms with Crippen LogP contribution in [0.1, 0.15) is 47.0 Å². The Bertz CT molecular complexity index is 113. The van der Waals surface area contributed by atoms with Crippen molar-refractivity contribution in [3.05, 3.63) is 0 Å². The molecule has 74 valence electrons. The van der Waals surface area contributed by atoms with Gasteiger partial charge in [-0.2, -0.15) is 0 Å². The summed E-state index contributed by atoms with van der Waals surface area (Å²) in [6.07, 6.45) is 1.52. The quantitative estimate of drug-likeness (QED) is 0.641. The van der Waals surface area contributed by atoms with E-state index < -0.39 is 6.29 Å². The molecule has 0 aromatic heterocycles. The molecular formula is C10H22O2. The summed E-state index contributed by atoms with van der Waals surface area (Å²) in [7, 11) is 0. The molecule has 0 fully saturated rings. The van der Waals surface area contributed by atoms with Crippen LogP contribution in [0.25, 0.3) is 0 Å². The highest BCUT2D eigenvalue weighted by atomic mass is 16.5. The van der Waals surface area contributed by atoms with Crippen LogP contribution in [-0.2, 0) is 0 Å². The molecule has 12 heavy (non-hydrogen) atoms. The molecule has 0 aliphatic heterocycles. The van der Waals surface area contributed by atoms with Crippen molar-refractivity contribution in [3.8, 4) is 0 Å². The topological polar surface area (TPSA) is 40.5 Å². The van der Waals surface area contributed by atoms with E-state index in [4.69, 9.17) is 10.2 Å². The second kappa shape index (κ2) is 4.83. The molecule has 0 rings (SSSR count). The highest BCUT2D eigenvalue weighted by molar-refractivity contribution is 4.74. The normalized spacial score (nSPS) is 15.2. The highest BCUT2D eigenvalue weighted by Gasteiger charge is 2.25. The Labute approximate surface area is 75.6 Å². The summed E-state index contributed by atoms with van der Waals surface area (Å²) in [6, 6.07) is 0. The lowest BCUT2D eigenvalue weighted by Gasteiger charge is -2.31. The summed E-state index contributed by atoms with van der Waals surface area (Å²) < 4.78 is 0. The molecule has 2 heteroatoms. The van der Waals surface area contributed by atoms with Gasteiger partial charge in [-0.1, -0.05) is 40.5 Å². The number of rotatable bonds is 4. The second-order valence-corrected chi connectivity index (χ2v) is 4.57. The molecule has 0 amide bonds. The van der Waals surface area contributed by atoms with Gasteiger partial charge in [-0.05, 0) is 11.3 Å². The van der Waals surface area contributed by atoms with Crippen LogP contribution in [-0.4, -0.2) is 16.5 Å². The van der Waals surface area contributed by atoms with E-state index in [0.29, 0.717) is 12.3 Å². The third kappa shape index (κ3) is 4.73. The van der Waals surface area contributed by atoms with Crippen molar-refractivity contribution < 1.29 is 10.2 Å². The molecule has 0 bridgehead atoms. The fraction of sp³-hybridized carbons (Fsp3) is 1.00. The summed E-state index contributed by atoms with van der Waals surface area (Å²) in [5.74, 6) is 0.405. The zero-order valence-corrected chi connectivity index (χ0v) is 8.67. The Balaban J connectivity index is 4.04. The van der Waals surface area contributed by atoms with Gasteiger partial charge in [-0.25, -0.2) is 0 Å². The van der Waals surface area contributed by atoms with E-state index in [1.54, 1.807) is 0 Å².